The number of carbonyl (C=O) groups is 1. The monoisotopic (exact) mass is 424 g/mol. The third-order valence-electron chi connectivity index (χ3n) is 4.26. The molecule has 0 aliphatic rings. The summed E-state index contributed by atoms with van der Waals surface area (Å²) < 4.78 is 50.8. The molecule has 0 aliphatic carbocycles. The molecule has 0 saturated heterocycles. The molecule has 0 spiro atoms. The minimum atomic E-state index is -3.82. The second kappa shape index (κ2) is 8.85. The van der Waals surface area contributed by atoms with Gasteiger partial charge in [0, 0.05) is 20.6 Å². The molecule has 2 aromatic rings. The molecule has 1 unspecified atom stereocenters. The van der Waals surface area contributed by atoms with Gasteiger partial charge in [0.25, 0.3) is 0 Å². The summed E-state index contributed by atoms with van der Waals surface area (Å²) in [6, 6.07) is 14.9. The predicted molar refractivity (Wildman–Crippen MR) is 108 cm³/mol. The molecular formula is C19H24N2O5S2. The molecule has 0 saturated carbocycles. The van der Waals surface area contributed by atoms with Crippen LogP contribution in [-0.4, -0.2) is 46.4 Å². The summed E-state index contributed by atoms with van der Waals surface area (Å²) in [7, 11) is -4.69. The molecule has 2 aromatic carbocycles. The maximum atomic E-state index is 12.6. The van der Waals surface area contributed by atoms with E-state index in [1.807, 2.05) is 30.3 Å². The zero-order valence-corrected chi connectivity index (χ0v) is 17.6. The van der Waals surface area contributed by atoms with Crippen molar-refractivity contribution in [2.45, 2.75) is 29.4 Å². The van der Waals surface area contributed by atoms with Gasteiger partial charge in [-0.2, -0.15) is 0 Å². The summed E-state index contributed by atoms with van der Waals surface area (Å²) in [5.74, 6) is -1.02. The van der Waals surface area contributed by atoms with Crippen LogP contribution in [0.3, 0.4) is 0 Å². The van der Waals surface area contributed by atoms with Crippen LogP contribution in [0.15, 0.2) is 59.5 Å². The molecule has 1 N–H and O–H groups in total. The van der Waals surface area contributed by atoms with Gasteiger partial charge in [0.2, 0.25) is 15.9 Å². The Bertz CT molecular complexity index is 1030. The number of carbonyl (C=O) groups excluding carboxylic acids is 1. The van der Waals surface area contributed by atoms with Gasteiger partial charge in [-0.3, -0.25) is 4.79 Å². The number of rotatable bonds is 8. The van der Waals surface area contributed by atoms with Gasteiger partial charge in [-0.1, -0.05) is 42.5 Å². The van der Waals surface area contributed by atoms with E-state index in [-0.39, 0.29) is 11.4 Å². The number of sulfone groups is 1. The average Bonchev–Trinajstić information content (AvgIpc) is 2.66. The SMILES string of the molecule is CC(C(=O)NCc1ccccc1)S(=O)(=O)Cc1cccc(S(=O)(=O)N(C)C)c1. The highest BCUT2D eigenvalue weighted by molar-refractivity contribution is 7.92. The normalized spacial score (nSPS) is 13.3. The first-order valence-corrected chi connectivity index (χ1v) is 11.7. The Morgan fingerprint density at radius 1 is 0.964 bits per heavy atom. The molecule has 1 atom stereocenters. The molecule has 28 heavy (non-hydrogen) atoms. The third kappa shape index (κ3) is 5.40. The van der Waals surface area contributed by atoms with Crippen LogP contribution in [0.4, 0.5) is 0 Å². The average molecular weight is 425 g/mol. The van der Waals surface area contributed by atoms with Gasteiger partial charge < -0.3 is 5.32 Å². The van der Waals surface area contributed by atoms with Crippen LogP contribution in [0.25, 0.3) is 0 Å². The van der Waals surface area contributed by atoms with Crippen molar-refractivity contribution in [2.75, 3.05) is 14.1 Å². The number of amides is 1. The molecule has 0 heterocycles. The van der Waals surface area contributed by atoms with Gasteiger partial charge in [-0.05, 0) is 30.2 Å². The standard InChI is InChI=1S/C19H24N2O5S2/c1-15(19(22)20-13-16-8-5-4-6-9-16)27(23,24)14-17-10-7-11-18(12-17)28(25,26)21(2)3/h4-12,15H,13-14H2,1-3H3,(H,20,22). The lowest BCUT2D eigenvalue weighted by molar-refractivity contribution is -0.120. The van der Waals surface area contributed by atoms with Gasteiger partial charge in [-0.25, -0.2) is 21.1 Å². The lowest BCUT2D eigenvalue weighted by atomic mass is 10.2. The minimum Gasteiger partial charge on any atom is -0.351 e. The highest BCUT2D eigenvalue weighted by atomic mass is 32.2. The van der Waals surface area contributed by atoms with Gasteiger partial charge in [-0.15, -0.1) is 0 Å². The Morgan fingerprint density at radius 2 is 1.57 bits per heavy atom. The lowest BCUT2D eigenvalue weighted by Gasteiger charge is -2.15. The van der Waals surface area contributed by atoms with E-state index in [0.29, 0.717) is 5.56 Å². The largest absolute Gasteiger partial charge is 0.351 e. The molecule has 0 fully saturated rings. The smallest absolute Gasteiger partial charge is 0.242 e. The second-order valence-electron chi connectivity index (χ2n) is 6.59. The molecular weight excluding hydrogens is 400 g/mol. The first-order chi connectivity index (χ1) is 13.0. The van der Waals surface area contributed by atoms with Gasteiger partial charge >= 0.3 is 0 Å². The van der Waals surface area contributed by atoms with E-state index in [1.54, 1.807) is 0 Å². The zero-order chi connectivity index (χ0) is 20.9. The minimum absolute atomic E-state index is 0.00591. The van der Waals surface area contributed by atoms with Crippen LogP contribution in [0, 0.1) is 0 Å². The van der Waals surface area contributed by atoms with Crippen molar-refractivity contribution in [3.8, 4) is 0 Å². The van der Waals surface area contributed by atoms with Crippen LogP contribution in [0.2, 0.25) is 0 Å². The van der Waals surface area contributed by atoms with Crippen LogP contribution >= 0.6 is 0 Å². The summed E-state index contributed by atoms with van der Waals surface area (Å²) in [6.45, 7) is 1.56. The van der Waals surface area contributed by atoms with Crippen LogP contribution in [0.1, 0.15) is 18.1 Å². The first kappa shape index (κ1) is 22.1. The molecule has 9 heteroatoms. The first-order valence-electron chi connectivity index (χ1n) is 8.59. The van der Waals surface area contributed by atoms with Crippen LogP contribution < -0.4 is 5.32 Å². The molecule has 0 radical (unpaired) electrons. The third-order valence-corrected chi connectivity index (χ3v) is 8.10. The molecule has 7 nitrogen and oxygen atoms in total. The van der Waals surface area contributed by atoms with Crippen molar-refractivity contribution in [1.29, 1.82) is 0 Å². The van der Waals surface area contributed by atoms with Crippen molar-refractivity contribution >= 4 is 25.8 Å². The van der Waals surface area contributed by atoms with Crippen LogP contribution in [0.5, 0.6) is 0 Å². The number of hydrogen-bond donors (Lipinski definition) is 1. The van der Waals surface area contributed by atoms with E-state index in [0.717, 1.165) is 9.87 Å². The van der Waals surface area contributed by atoms with Crippen molar-refractivity contribution in [3.63, 3.8) is 0 Å². The Morgan fingerprint density at radius 3 is 2.18 bits per heavy atom. The molecule has 0 bridgehead atoms. The van der Waals surface area contributed by atoms with Gasteiger partial charge in [0.1, 0.15) is 5.25 Å². The van der Waals surface area contributed by atoms with Crippen LogP contribution in [-0.2, 0) is 37.0 Å². The fraction of sp³-hybridized carbons (Fsp3) is 0.316. The van der Waals surface area contributed by atoms with E-state index in [4.69, 9.17) is 0 Å². The Balaban J connectivity index is 2.11. The number of benzene rings is 2. The number of hydrogen-bond acceptors (Lipinski definition) is 5. The maximum absolute atomic E-state index is 12.6. The Labute approximate surface area is 166 Å². The lowest BCUT2D eigenvalue weighted by Crippen LogP contribution is -2.38. The summed E-state index contributed by atoms with van der Waals surface area (Å²) >= 11 is 0. The predicted octanol–water partition coefficient (Wildman–Crippen LogP) is 1.56. The van der Waals surface area contributed by atoms with Crippen molar-refractivity contribution in [1.82, 2.24) is 9.62 Å². The number of nitrogens with one attached hydrogen (secondary N) is 1. The summed E-state index contributed by atoms with van der Waals surface area (Å²) in [5, 5.41) is 1.36. The summed E-state index contributed by atoms with van der Waals surface area (Å²) in [6.07, 6.45) is 0. The number of nitrogens with zero attached hydrogens (tertiary/aromatic N) is 1. The van der Waals surface area contributed by atoms with Gasteiger partial charge in [0.05, 0.1) is 10.6 Å². The zero-order valence-electron chi connectivity index (χ0n) is 16.0. The maximum Gasteiger partial charge on any atom is 0.242 e. The Hall–Kier alpha value is -2.23. The topological polar surface area (TPSA) is 101 Å². The van der Waals surface area contributed by atoms with Crippen molar-refractivity contribution < 1.29 is 21.6 Å². The molecule has 2 rings (SSSR count). The Kier molecular flexibility index (Phi) is 6.97. The highest BCUT2D eigenvalue weighted by Gasteiger charge is 2.28. The van der Waals surface area contributed by atoms with E-state index in [1.165, 1.54) is 45.3 Å². The molecule has 1 amide bonds. The van der Waals surface area contributed by atoms with Gasteiger partial charge in [0.15, 0.2) is 9.84 Å². The summed E-state index contributed by atoms with van der Waals surface area (Å²) in [5.41, 5.74) is 1.17. The van der Waals surface area contributed by atoms with E-state index in [9.17, 15) is 21.6 Å². The quantitative estimate of drug-likeness (QED) is 0.693. The number of sulfonamides is 1. The molecule has 152 valence electrons. The van der Waals surface area contributed by atoms with Crippen molar-refractivity contribution in [3.05, 3.63) is 65.7 Å². The van der Waals surface area contributed by atoms with Crippen molar-refractivity contribution in [2.24, 2.45) is 0 Å². The fourth-order valence-electron chi connectivity index (χ4n) is 2.46. The highest BCUT2D eigenvalue weighted by Crippen LogP contribution is 2.18. The van der Waals surface area contributed by atoms with E-state index >= 15 is 0 Å². The van der Waals surface area contributed by atoms with E-state index in [2.05, 4.69) is 5.32 Å². The fourth-order valence-corrected chi connectivity index (χ4v) is 4.73. The molecule has 0 aliphatic heterocycles. The summed E-state index contributed by atoms with van der Waals surface area (Å²) in [4.78, 5) is 12.3. The second-order valence-corrected chi connectivity index (χ2v) is 11.1. The van der Waals surface area contributed by atoms with E-state index < -0.39 is 36.8 Å². The molecule has 0 aromatic heterocycles.